The minimum absolute atomic E-state index is 0.0721. The molecule has 1 amide bonds. The van der Waals surface area contributed by atoms with Crippen LogP contribution in [0.2, 0.25) is 0 Å². The second kappa shape index (κ2) is 7.97. The Morgan fingerprint density at radius 1 is 1.20 bits per heavy atom. The number of furan rings is 1. The highest BCUT2D eigenvalue weighted by molar-refractivity contribution is 5.97. The smallest absolute Gasteiger partial charge is 0.289 e. The highest BCUT2D eigenvalue weighted by Gasteiger charge is 2.27. The van der Waals surface area contributed by atoms with Crippen LogP contribution in [-0.2, 0) is 12.8 Å². The Balaban J connectivity index is 1.17. The summed E-state index contributed by atoms with van der Waals surface area (Å²) in [7, 11) is 1.60. The molecule has 30 heavy (non-hydrogen) atoms. The van der Waals surface area contributed by atoms with E-state index >= 15 is 0 Å². The summed E-state index contributed by atoms with van der Waals surface area (Å²) in [6, 6.07) is 9.47. The van der Waals surface area contributed by atoms with Crippen LogP contribution in [-0.4, -0.2) is 47.8 Å². The van der Waals surface area contributed by atoms with Gasteiger partial charge in [0.2, 0.25) is 5.88 Å². The van der Waals surface area contributed by atoms with Gasteiger partial charge in [-0.15, -0.1) is 5.10 Å². The molecule has 0 atom stereocenters. The molecule has 0 unspecified atom stereocenters. The lowest BCUT2D eigenvalue weighted by Gasteiger charge is -2.31. The van der Waals surface area contributed by atoms with Gasteiger partial charge in [-0.1, -0.05) is 12.1 Å². The van der Waals surface area contributed by atoms with Crippen molar-refractivity contribution in [3.05, 3.63) is 47.3 Å². The number of carbonyl (C=O) groups is 1. The molecule has 7 heteroatoms. The van der Waals surface area contributed by atoms with Crippen molar-refractivity contribution in [1.82, 2.24) is 15.1 Å². The molecular weight excluding hydrogens is 382 g/mol. The number of hydrogen-bond donors (Lipinski definition) is 0. The Labute approximate surface area is 175 Å². The molecule has 1 aromatic carbocycles. The number of para-hydroxylation sites is 1. The minimum atomic E-state index is -0.0721. The van der Waals surface area contributed by atoms with Gasteiger partial charge in [-0.3, -0.25) is 4.79 Å². The first-order valence-electron chi connectivity index (χ1n) is 10.6. The van der Waals surface area contributed by atoms with E-state index in [4.69, 9.17) is 13.9 Å². The first-order valence-corrected chi connectivity index (χ1v) is 10.6. The fraction of sp³-hybridized carbons (Fsp3) is 0.435. The Morgan fingerprint density at radius 3 is 2.90 bits per heavy atom. The zero-order valence-corrected chi connectivity index (χ0v) is 17.1. The molecule has 0 radical (unpaired) electrons. The van der Waals surface area contributed by atoms with E-state index in [0.29, 0.717) is 48.6 Å². The summed E-state index contributed by atoms with van der Waals surface area (Å²) in [6.07, 6.45) is 5.03. The Morgan fingerprint density at radius 2 is 2.07 bits per heavy atom. The van der Waals surface area contributed by atoms with Crippen LogP contribution in [0.15, 0.2) is 34.7 Å². The number of methoxy groups -OCH3 is 1. The van der Waals surface area contributed by atoms with Crippen LogP contribution < -0.4 is 9.47 Å². The number of aromatic nitrogens is 2. The number of rotatable bonds is 5. The second-order valence-corrected chi connectivity index (χ2v) is 8.04. The van der Waals surface area contributed by atoms with Crippen LogP contribution in [0.4, 0.5) is 0 Å². The van der Waals surface area contributed by atoms with Gasteiger partial charge in [-0.2, -0.15) is 5.10 Å². The van der Waals surface area contributed by atoms with Gasteiger partial charge in [0.15, 0.2) is 17.1 Å². The van der Waals surface area contributed by atoms with Gasteiger partial charge >= 0.3 is 0 Å². The molecule has 3 aromatic rings. The summed E-state index contributed by atoms with van der Waals surface area (Å²) in [5.41, 5.74) is 2.99. The Kier molecular flexibility index (Phi) is 5.02. The number of aryl methyl sites for hydroxylation is 2. The Hall–Kier alpha value is -3.09. The number of amides is 1. The van der Waals surface area contributed by atoms with Gasteiger partial charge in [0.25, 0.3) is 5.91 Å². The fourth-order valence-corrected chi connectivity index (χ4v) is 4.34. The van der Waals surface area contributed by atoms with Crippen molar-refractivity contribution in [2.75, 3.05) is 26.8 Å². The van der Waals surface area contributed by atoms with Crippen LogP contribution in [0, 0.1) is 5.92 Å². The summed E-state index contributed by atoms with van der Waals surface area (Å²) in [4.78, 5) is 14.8. The van der Waals surface area contributed by atoms with Crippen LogP contribution in [0.5, 0.6) is 11.6 Å². The quantitative estimate of drug-likeness (QED) is 0.642. The number of piperidine rings is 1. The van der Waals surface area contributed by atoms with E-state index in [1.807, 2.05) is 29.2 Å². The van der Waals surface area contributed by atoms with Gasteiger partial charge < -0.3 is 18.8 Å². The average Bonchev–Trinajstić information content (AvgIpc) is 3.43. The molecular formula is C23H25N3O4. The third-order valence-electron chi connectivity index (χ3n) is 6.10. The number of fused-ring (bicyclic) bond motifs is 2. The number of carbonyl (C=O) groups excluding carboxylic acids is 1. The molecule has 2 aromatic heterocycles. The maximum Gasteiger partial charge on any atom is 0.289 e. The molecule has 5 rings (SSSR count). The fourth-order valence-electron chi connectivity index (χ4n) is 4.34. The third kappa shape index (κ3) is 3.60. The largest absolute Gasteiger partial charge is 0.493 e. The standard InChI is InChI=1S/C23H25N3O4/c1-28-19-7-3-5-17-12-20(30-22(17)19)23(27)26-10-8-15(9-11-26)14-29-21-13-16-4-2-6-18(16)24-25-21/h3,5,7,12-13,15H,2,4,6,8-11,14H2,1H3. The molecule has 0 N–H and O–H groups in total. The lowest BCUT2D eigenvalue weighted by molar-refractivity contribution is 0.0630. The molecule has 1 saturated heterocycles. The third-order valence-corrected chi connectivity index (χ3v) is 6.10. The van der Waals surface area contributed by atoms with Crippen molar-refractivity contribution < 1.29 is 18.7 Å². The first kappa shape index (κ1) is 18.9. The van der Waals surface area contributed by atoms with E-state index in [0.717, 1.165) is 43.2 Å². The number of benzene rings is 1. The second-order valence-electron chi connectivity index (χ2n) is 8.04. The molecule has 1 fully saturated rings. The van der Waals surface area contributed by atoms with Gasteiger partial charge in [0.1, 0.15) is 0 Å². The molecule has 1 aliphatic heterocycles. The van der Waals surface area contributed by atoms with Crippen molar-refractivity contribution in [3.8, 4) is 11.6 Å². The molecule has 3 heterocycles. The van der Waals surface area contributed by atoms with Crippen LogP contribution in [0.25, 0.3) is 11.0 Å². The van der Waals surface area contributed by atoms with Crippen LogP contribution in [0.3, 0.4) is 0 Å². The maximum absolute atomic E-state index is 12.9. The van der Waals surface area contributed by atoms with Crippen molar-refractivity contribution in [2.24, 2.45) is 5.92 Å². The summed E-state index contributed by atoms with van der Waals surface area (Å²) in [5.74, 6) is 1.94. The van der Waals surface area contributed by atoms with E-state index in [2.05, 4.69) is 10.2 Å². The zero-order valence-electron chi connectivity index (χ0n) is 17.1. The summed E-state index contributed by atoms with van der Waals surface area (Å²) in [6.45, 7) is 1.99. The van der Waals surface area contributed by atoms with Gasteiger partial charge in [0.05, 0.1) is 19.4 Å². The summed E-state index contributed by atoms with van der Waals surface area (Å²) in [5, 5.41) is 9.34. The number of hydrogen-bond acceptors (Lipinski definition) is 6. The van der Waals surface area contributed by atoms with Crippen molar-refractivity contribution in [2.45, 2.75) is 32.1 Å². The normalized spacial score (nSPS) is 16.6. The van der Waals surface area contributed by atoms with Crippen molar-refractivity contribution >= 4 is 16.9 Å². The number of ether oxygens (including phenoxy) is 2. The first-order chi connectivity index (χ1) is 14.7. The maximum atomic E-state index is 12.9. The molecule has 1 aliphatic carbocycles. The highest BCUT2D eigenvalue weighted by Crippen LogP contribution is 2.30. The van der Waals surface area contributed by atoms with Crippen LogP contribution >= 0.6 is 0 Å². The SMILES string of the molecule is COc1cccc2cc(C(=O)N3CCC(COc4cc5c(nn4)CCC5)CC3)oc12. The summed E-state index contributed by atoms with van der Waals surface area (Å²) >= 11 is 0. The number of nitrogens with zero attached hydrogens (tertiary/aromatic N) is 3. The molecule has 156 valence electrons. The molecule has 7 nitrogen and oxygen atoms in total. The van der Waals surface area contributed by atoms with E-state index in [1.54, 1.807) is 13.2 Å². The van der Waals surface area contributed by atoms with E-state index in [1.165, 1.54) is 5.56 Å². The molecule has 0 spiro atoms. The topological polar surface area (TPSA) is 77.7 Å². The predicted octanol–water partition coefficient (Wildman–Crippen LogP) is 3.65. The average molecular weight is 407 g/mol. The Bertz CT molecular complexity index is 1070. The van der Waals surface area contributed by atoms with E-state index in [-0.39, 0.29) is 5.91 Å². The minimum Gasteiger partial charge on any atom is -0.493 e. The lowest BCUT2D eigenvalue weighted by Crippen LogP contribution is -2.39. The predicted molar refractivity (Wildman–Crippen MR) is 111 cm³/mol. The van der Waals surface area contributed by atoms with Crippen molar-refractivity contribution in [3.63, 3.8) is 0 Å². The summed E-state index contributed by atoms with van der Waals surface area (Å²) < 4.78 is 17.1. The monoisotopic (exact) mass is 407 g/mol. The van der Waals surface area contributed by atoms with Crippen molar-refractivity contribution in [1.29, 1.82) is 0 Å². The van der Waals surface area contributed by atoms with Gasteiger partial charge in [-0.25, -0.2) is 0 Å². The molecule has 0 bridgehead atoms. The van der Waals surface area contributed by atoms with E-state index < -0.39 is 0 Å². The van der Waals surface area contributed by atoms with Crippen LogP contribution in [0.1, 0.15) is 41.1 Å². The lowest BCUT2D eigenvalue weighted by atomic mass is 9.97. The van der Waals surface area contributed by atoms with Gasteiger partial charge in [0, 0.05) is 24.5 Å². The zero-order chi connectivity index (χ0) is 20.5. The molecule has 0 saturated carbocycles. The molecule has 2 aliphatic rings. The highest BCUT2D eigenvalue weighted by atomic mass is 16.5. The van der Waals surface area contributed by atoms with Gasteiger partial charge in [-0.05, 0) is 55.7 Å². The van der Waals surface area contributed by atoms with E-state index in [9.17, 15) is 4.79 Å². The number of likely N-dealkylation sites (tertiary alicyclic amines) is 1.